The van der Waals surface area contributed by atoms with Gasteiger partial charge in [-0.05, 0) is 13.0 Å². The summed E-state index contributed by atoms with van der Waals surface area (Å²) in [6.45, 7) is 8.31. The number of rotatable bonds is 3. The molecule has 0 atom stereocenters. The summed E-state index contributed by atoms with van der Waals surface area (Å²) in [4.78, 5) is 10.7. The van der Waals surface area contributed by atoms with Crippen LogP contribution in [0.1, 0.15) is 6.92 Å². The summed E-state index contributed by atoms with van der Waals surface area (Å²) in [5, 5.41) is 0. The van der Waals surface area contributed by atoms with E-state index in [9.17, 15) is 4.79 Å². The normalized spacial score (nSPS) is 11.7. The fraction of sp³-hybridized carbons (Fsp3) is 0.125. The molecule has 10 heavy (non-hydrogen) atoms. The first-order valence-corrected chi connectivity index (χ1v) is 2.89. The zero-order valence-electron chi connectivity index (χ0n) is 6.05. The van der Waals surface area contributed by atoms with Crippen molar-refractivity contribution in [3.63, 3.8) is 0 Å². The molecule has 0 rings (SSSR count). The number of carbonyl (C=O) groups excluding carboxylic acids is 1. The Hall–Kier alpha value is -1.31. The van der Waals surface area contributed by atoms with E-state index in [0.29, 0.717) is 11.3 Å². The van der Waals surface area contributed by atoms with Gasteiger partial charge >= 0.3 is 0 Å². The molecule has 0 aromatic carbocycles. The zero-order valence-corrected chi connectivity index (χ0v) is 6.05. The van der Waals surface area contributed by atoms with Gasteiger partial charge in [-0.3, -0.25) is 4.79 Å². The van der Waals surface area contributed by atoms with Crippen molar-refractivity contribution in [2.45, 2.75) is 6.92 Å². The third-order valence-corrected chi connectivity index (χ3v) is 1.11. The molecule has 0 unspecified atom stereocenters. The Labute approximate surface area is 60.7 Å². The number of ketones is 1. The van der Waals surface area contributed by atoms with Crippen molar-refractivity contribution < 1.29 is 4.79 Å². The molecule has 0 spiro atoms. The summed E-state index contributed by atoms with van der Waals surface area (Å²) in [6, 6.07) is 0. The lowest BCUT2D eigenvalue weighted by Crippen LogP contribution is -2.04. The van der Waals surface area contributed by atoms with E-state index >= 15 is 0 Å². The second-order valence-corrected chi connectivity index (χ2v) is 1.83. The number of Topliss-reactive ketones (excluding diaryl/α,β-unsaturated/α-hetero) is 1. The highest BCUT2D eigenvalue weighted by molar-refractivity contribution is 5.96. The van der Waals surface area contributed by atoms with Crippen LogP contribution in [0.2, 0.25) is 0 Å². The molecule has 0 saturated heterocycles. The second kappa shape index (κ2) is 3.67. The molecule has 0 fully saturated rings. The van der Waals surface area contributed by atoms with Gasteiger partial charge in [0.1, 0.15) is 0 Å². The highest BCUT2D eigenvalue weighted by atomic mass is 16.1. The lowest BCUT2D eigenvalue weighted by atomic mass is 10.1. The van der Waals surface area contributed by atoms with Crippen LogP contribution in [-0.2, 0) is 4.79 Å². The first kappa shape index (κ1) is 8.69. The van der Waals surface area contributed by atoms with Gasteiger partial charge in [-0.25, -0.2) is 0 Å². The second-order valence-electron chi connectivity index (χ2n) is 1.83. The minimum Gasteiger partial charge on any atom is -0.398 e. The molecule has 0 heterocycles. The first-order valence-electron chi connectivity index (χ1n) is 2.89. The van der Waals surface area contributed by atoms with E-state index in [2.05, 4.69) is 13.2 Å². The van der Waals surface area contributed by atoms with Gasteiger partial charge in [0.05, 0.1) is 0 Å². The summed E-state index contributed by atoms with van der Waals surface area (Å²) >= 11 is 0. The number of nitrogens with two attached hydrogens (primary N) is 1. The van der Waals surface area contributed by atoms with E-state index < -0.39 is 0 Å². The maximum atomic E-state index is 10.7. The Morgan fingerprint density at radius 2 is 1.90 bits per heavy atom. The standard InChI is InChI=1S/C8H11NO/c1-4-7(6(3)10)8(9)5-2/h4-5H,1-2,9H2,3H3/b8-7-. The van der Waals surface area contributed by atoms with E-state index in [1.54, 1.807) is 0 Å². The number of allylic oxidation sites excluding steroid dienone is 3. The fourth-order valence-electron chi connectivity index (χ4n) is 0.575. The molecule has 2 nitrogen and oxygen atoms in total. The molecule has 0 bridgehead atoms. The van der Waals surface area contributed by atoms with Gasteiger partial charge in [-0.2, -0.15) is 0 Å². The van der Waals surface area contributed by atoms with E-state index in [1.807, 2.05) is 0 Å². The maximum Gasteiger partial charge on any atom is 0.161 e. The van der Waals surface area contributed by atoms with Crippen molar-refractivity contribution in [3.8, 4) is 0 Å². The van der Waals surface area contributed by atoms with Crippen LogP contribution in [0.4, 0.5) is 0 Å². The quantitative estimate of drug-likeness (QED) is 0.468. The fourth-order valence-corrected chi connectivity index (χ4v) is 0.575. The molecule has 0 aliphatic heterocycles. The van der Waals surface area contributed by atoms with Crippen LogP contribution in [0.15, 0.2) is 36.6 Å². The van der Waals surface area contributed by atoms with Crippen molar-refractivity contribution in [1.29, 1.82) is 0 Å². The van der Waals surface area contributed by atoms with Gasteiger partial charge in [-0.1, -0.05) is 19.2 Å². The van der Waals surface area contributed by atoms with Crippen LogP contribution in [-0.4, -0.2) is 5.78 Å². The predicted octanol–water partition coefficient (Wildman–Crippen LogP) is 1.16. The van der Waals surface area contributed by atoms with Crippen LogP contribution in [0.25, 0.3) is 0 Å². The van der Waals surface area contributed by atoms with Gasteiger partial charge in [0.15, 0.2) is 5.78 Å². The van der Waals surface area contributed by atoms with Crippen LogP contribution in [0.3, 0.4) is 0 Å². The van der Waals surface area contributed by atoms with Crippen molar-refractivity contribution >= 4 is 5.78 Å². The van der Waals surface area contributed by atoms with E-state index in [-0.39, 0.29) is 5.78 Å². The number of carbonyl (C=O) groups is 1. The molecular formula is C8H11NO. The van der Waals surface area contributed by atoms with Gasteiger partial charge in [0, 0.05) is 11.3 Å². The third-order valence-electron chi connectivity index (χ3n) is 1.11. The van der Waals surface area contributed by atoms with Gasteiger partial charge < -0.3 is 5.73 Å². The molecule has 2 N–H and O–H groups in total. The molecule has 0 radical (unpaired) electrons. The average Bonchev–Trinajstić information content (AvgIpc) is 1.88. The zero-order chi connectivity index (χ0) is 8.15. The highest BCUT2D eigenvalue weighted by Crippen LogP contribution is 2.01. The summed E-state index contributed by atoms with van der Waals surface area (Å²) < 4.78 is 0. The van der Waals surface area contributed by atoms with Gasteiger partial charge in [0.2, 0.25) is 0 Å². The van der Waals surface area contributed by atoms with Crippen LogP contribution < -0.4 is 5.73 Å². The Bertz CT molecular complexity index is 201. The van der Waals surface area contributed by atoms with Crippen LogP contribution >= 0.6 is 0 Å². The molecular weight excluding hydrogens is 126 g/mol. The van der Waals surface area contributed by atoms with Crippen molar-refractivity contribution in [3.05, 3.63) is 36.6 Å². The first-order chi connectivity index (χ1) is 4.63. The molecule has 2 heteroatoms. The molecule has 0 aromatic heterocycles. The lowest BCUT2D eigenvalue weighted by molar-refractivity contribution is -0.113. The monoisotopic (exact) mass is 137 g/mol. The summed E-state index contributed by atoms with van der Waals surface area (Å²) in [7, 11) is 0. The topological polar surface area (TPSA) is 43.1 Å². The smallest absolute Gasteiger partial charge is 0.161 e. The Morgan fingerprint density at radius 1 is 1.40 bits per heavy atom. The summed E-state index contributed by atoms with van der Waals surface area (Å²) in [6.07, 6.45) is 2.86. The molecule has 0 aromatic rings. The number of hydrogen-bond acceptors (Lipinski definition) is 2. The molecule has 0 amide bonds. The SMILES string of the molecule is C=C/C(N)=C(\C=C)C(C)=O. The number of hydrogen-bond donors (Lipinski definition) is 1. The Balaban J connectivity index is 4.79. The largest absolute Gasteiger partial charge is 0.398 e. The summed E-state index contributed by atoms with van der Waals surface area (Å²) in [5.74, 6) is -0.0904. The van der Waals surface area contributed by atoms with Crippen LogP contribution in [0, 0.1) is 0 Å². The van der Waals surface area contributed by atoms with Crippen molar-refractivity contribution in [2.75, 3.05) is 0 Å². The van der Waals surface area contributed by atoms with Gasteiger partial charge in [0.25, 0.3) is 0 Å². The van der Waals surface area contributed by atoms with E-state index in [0.717, 1.165) is 0 Å². The molecule has 0 aliphatic rings. The van der Waals surface area contributed by atoms with Crippen molar-refractivity contribution in [2.24, 2.45) is 5.73 Å². The lowest BCUT2D eigenvalue weighted by Gasteiger charge is -1.97. The van der Waals surface area contributed by atoms with Crippen molar-refractivity contribution in [1.82, 2.24) is 0 Å². The predicted molar refractivity (Wildman–Crippen MR) is 42.3 cm³/mol. The minimum atomic E-state index is -0.0904. The molecule has 54 valence electrons. The highest BCUT2D eigenvalue weighted by Gasteiger charge is 2.00. The summed E-state index contributed by atoms with van der Waals surface area (Å²) in [5.41, 5.74) is 6.20. The van der Waals surface area contributed by atoms with E-state index in [4.69, 9.17) is 5.73 Å². The minimum absolute atomic E-state index is 0.0904. The molecule has 0 saturated carbocycles. The van der Waals surface area contributed by atoms with E-state index in [1.165, 1.54) is 19.1 Å². The average molecular weight is 137 g/mol. The van der Waals surface area contributed by atoms with Crippen LogP contribution in [0.5, 0.6) is 0 Å². The molecule has 0 aliphatic carbocycles. The Kier molecular flexibility index (Phi) is 3.19. The Morgan fingerprint density at radius 3 is 2.00 bits per heavy atom. The third kappa shape index (κ3) is 1.90. The maximum absolute atomic E-state index is 10.7. The van der Waals surface area contributed by atoms with Gasteiger partial charge in [-0.15, -0.1) is 0 Å².